The van der Waals surface area contributed by atoms with Crippen molar-refractivity contribution in [2.75, 3.05) is 26.2 Å². The van der Waals surface area contributed by atoms with Crippen LogP contribution in [0.2, 0.25) is 10.0 Å². The van der Waals surface area contributed by atoms with E-state index in [-0.39, 0.29) is 33.9 Å². The Morgan fingerprint density at radius 2 is 1.54 bits per heavy atom. The molecule has 5 nitrogen and oxygen atoms in total. The van der Waals surface area contributed by atoms with Gasteiger partial charge in [-0.3, -0.25) is 4.79 Å². The molecule has 28 heavy (non-hydrogen) atoms. The largest absolute Gasteiger partial charge is 0.339 e. The fourth-order valence-electron chi connectivity index (χ4n) is 3.33. The molecule has 0 aromatic heterocycles. The minimum atomic E-state index is -3.77. The number of nitrogens with zero attached hydrogens (tertiary/aromatic N) is 2. The molecule has 0 saturated carbocycles. The van der Waals surface area contributed by atoms with Crippen LogP contribution in [0.15, 0.2) is 53.4 Å². The Balaban J connectivity index is 1.74. The lowest BCUT2D eigenvalue weighted by Gasteiger charge is -2.38. The normalized spacial score (nSPS) is 16.2. The number of carbonyl (C=O) groups is 1. The summed E-state index contributed by atoms with van der Waals surface area (Å²) in [4.78, 5) is 14.8. The molecule has 2 aromatic rings. The molecule has 0 spiro atoms. The number of piperazine rings is 1. The van der Waals surface area contributed by atoms with Crippen molar-refractivity contribution in [2.45, 2.75) is 24.2 Å². The second kappa shape index (κ2) is 8.03. The Morgan fingerprint density at radius 3 is 2.14 bits per heavy atom. The van der Waals surface area contributed by atoms with E-state index in [2.05, 4.69) is 0 Å². The average molecular weight is 441 g/mol. The monoisotopic (exact) mass is 440 g/mol. The zero-order valence-corrected chi connectivity index (χ0v) is 18.1. The van der Waals surface area contributed by atoms with E-state index in [1.165, 1.54) is 10.4 Å². The molecule has 1 saturated heterocycles. The van der Waals surface area contributed by atoms with Gasteiger partial charge in [0.25, 0.3) is 0 Å². The molecule has 1 aliphatic rings. The van der Waals surface area contributed by atoms with E-state index in [1.54, 1.807) is 17.0 Å². The van der Waals surface area contributed by atoms with Crippen LogP contribution < -0.4 is 0 Å². The first-order valence-corrected chi connectivity index (χ1v) is 11.1. The van der Waals surface area contributed by atoms with Crippen LogP contribution in [-0.4, -0.2) is 49.7 Å². The second-order valence-electron chi connectivity index (χ2n) is 7.24. The van der Waals surface area contributed by atoms with Crippen molar-refractivity contribution in [3.05, 3.63) is 64.1 Å². The molecule has 1 fully saturated rings. The first kappa shape index (κ1) is 21.1. The summed E-state index contributed by atoms with van der Waals surface area (Å²) in [6, 6.07) is 14.1. The molecule has 0 radical (unpaired) electrons. The standard InChI is InChI=1S/C20H22Cl2N2O3S/c1-20(2,15-7-4-3-5-8-15)19(25)23-11-13-24(14-12-23)28(26,27)17-10-6-9-16(21)18(17)22/h3-10H,11-14H2,1-2H3. The third-order valence-corrected chi connectivity index (χ3v) is 7.96. The number of hydrogen-bond acceptors (Lipinski definition) is 3. The van der Waals surface area contributed by atoms with E-state index >= 15 is 0 Å². The Hall–Kier alpha value is -1.60. The first-order valence-electron chi connectivity index (χ1n) is 8.95. The second-order valence-corrected chi connectivity index (χ2v) is 9.93. The fraction of sp³-hybridized carbons (Fsp3) is 0.350. The molecule has 3 rings (SSSR count). The topological polar surface area (TPSA) is 57.7 Å². The number of rotatable bonds is 4. The number of carbonyl (C=O) groups excluding carboxylic acids is 1. The highest BCUT2D eigenvalue weighted by atomic mass is 35.5. The summed E-state index contributed by atoms with van der Waals surface area (Å²) in [5, 5.41) is 0.217. The molecule has 0 aliphatic carbocycles. The number of hydrogen-bond donors (Lipinski definition) is 0. The average Bonchev–Trinajstić information content (AvgIpc) is 2.70. The van der Waals surface area contributed by atoms with E-state index in [9.17, 15) is 13.2 Å². The summed E-state index contributed by atoms with van der Waals surface area (Å²) in [5.41, 5.74) is 0.249. The van der Waals surface area contributed by atoms with E-state index in [1.807, 2.05) is 44.2 Å². The van der Waals surface area contributed by atoms with Crippen LogP contribution in [0.4, 0.5) is 0 Å². The number of sulfonamides is 1. The van der Waals surface area contributed by atoms with Crippen LogP contribution in [0, 0.1) is 0 Å². The summed E-state index contributed by atoms with van der Waals surface area (Å²) in [6.45, 7) is 4.85. The van der Waals surface area contributed by atoms with Crippen LogP contribution in [-0.2, 0) is 20.2 Å². The summed E-state index contributed by atoms with van der Waals surface area (Å²) >= 11 is 12.1. The smallest absolute Gasteiger partial charge is 0.244 e. The van der Waals surface area contributed by atoms with Gasteiger partial charge in [0.2, 0.25) is 15.9 Å². The van der Waals surface area contributed by atoms with Crippen molar-refractivity contribution in [3.8, 4) is 0 Å². The Morgan fingerprint density at radius 1 is 0.929 bits per heavy atom. The zero-order valence-electron chi connectivity index (χ0n) is 15.7. The fourth-order valence-corrected chi connectivity index (χ4v) is 5.49. The summed E-state index contributed by atoms with van der Waals surface area (Å²) in [6.07, 6.45) is 0. The third kappa shape index (κ3) is 3.92. The van der Waals surface area contributed by atoms with Crippen molar-refractivity contribution < 1.29 is 13.2 Å². The highest BCUT2D eigenvalue weighted by Gasteiger charge is 2.37. The van der Waals surface area contributed by atoms with Gasteiger partial charge in [-0.1, -0.05) is 59.6 Å². The highest BCUT2D eigenvalue weighted by Crippen LogP contribution is 2.32. The van der Waals surface area contributed by atoms with Gasteiger partial charge < -0.3 is 4.90 Å². The molecule has 0 N–H and O–H groups in total. The molecule has 150 valence electrons. The molecule has 1 amide bonds. The Bertz CT molecular complexity index is 970. The van der Waals surface area contributed by atoms with Crippen LogP contribution >= 0.6 is 23.2 Å². The SMILES string of the molecule is CC(C)(C(=O)N1CCN(S(=O)(=O)c2cccc(Cl)c2Cl)CC1)c1ccccc1. The van der Waals surface area contributed by atoms with E-state index in [0.29, 0.717) is 13.1 Å². The maximum atomic E-state index is 13.1. The van der Waals surface area contributed by atoms with E-state index < -0.39 is 15.4 Å². The van der Waals surface area contributed by atoms with Crippen LogP contribution in [0.25, 0.3) is 0 Å². The quantitative estimate of drug-likeness (QED) is 0.725. The van der Waals surface area contributed by atoms with Gasteiger partial charge in [-0.25, -0.2) is 8.42 Å². The molecule has 0 bridgehead atoms. The Labute approximate surface area is 175 Å². The zero-order chi connectivity index (χ0) is 20.5. The minimum Gasteiger partial charge on any atom is -0.339 e. The van der Waals surface area contributed by atoms with Crippen LogP contribution in [0.1, 0.15) is 19.4 Å². The Kier molecular flexibility index (Phi) is 6.05. The first-order chi connectivity index (χ1) is 13.2. The summed E-state index contributed by atoms with van der Waals surface area (Å²) < 4.78 is 27.2. The maximum Gasteiger partial charge on any atom is 0.244 e. The number of benzene rings is 2. The van der Waals surface area contributed by atoms with Gasteiger partial charge in [-0.05, 0) is 31.5 Å². The van der Waals surface area contributed by atoms with Crippen molar-refractivity contribution in [3.63, 3.8) is 0 Å². The van der Waals surface area contributed by atoms with Gasteiger partial charge in [0.05, 0.1) is 15.5 Å². The van der Waals surface area contributed by atoms with Crippen molar-refractivity contribution >= 4 is 39.1 Å². The van der Waals surface area contributed by atoms with Gasteiger partial charge in [0, 0.05) is 26.2 Å². The van der Waals surface area contributed by atoms with Gasteiger partial charge in [0.1, 0.15) is 4.90 Å². The van der Waals surface area contributed by atoms with Crippen molar-refractivity contribution in [2.24, 2.45) is 0 Å². The van der Waals surface area contributed by atoms with Crippen LogP contribution in [0.5, 0.6) is 0 Å². The molecule has 0 unspecified atom stereocenters. The molecule has 2 aromatic carbocycles. The van der Waals surface area contributed by atoms with E-state index in [4.69, 9.17) is 23.2 Å². The molecule has 1 heterocycles. The van der Waals surface area contributed by atoms with Gasteiger partial charge in [-0.2, -0.15) is 4.31 Å². The lowest BCUT2D eigenvalue weighted by molar-refractivity contribution is -0.137. The van der Waals surface area contributed by atoms with Crippen molar-refractivity contribution in [1.82, 2.24) is 9.21 Å². The summed E-state index contributed by atoms with van der Waals surface area (Å²) in [5.74, 6) is -0.0171. The molecular weight excluding hydrogens is 419 g/mol. The summed E-state index contributed by atoms with van der Waals surface area (Å²) in [7, 11) is -3.77. The van der Waals surface area contributed by atoms with Gasteiger partial charge in [0.15, 0.2) is 0 Å². The molecule has 0 atom stereocenters. The van der Waals surface area contributed by atoms with Crippen molar-refractivity contribution in [1.29, 1.82) is 0 Å². The van der Waals surface area contributed by atoms with E-state index in [0.717, 1.165) is 5.56 Å². The van der Waals surface area contributed by atoms with Crippen LogP contribution in [0.3, 0.4) is 0 Å². The third-order valence-electron chi connectivity index (χ3n) is 5.09. The predicted octanol–water partition coefficient (Wildman–Crippen LogP) is 3.80. The van der Waals surface area contributed by atoms with Gasteiger partial charge in [-0.15, -0.1) is 0 Å². The lowest BCUT2D eigenvalue weighted by Crippen LogP contribution is -2.54. The van der Waals surface area contributed by atoms with Gasteiger partial charge >= 0.3 is 0 Å². The molecular formula is C20H22Cl2N2O3S. The number of amides is 1. The molecule has 1 aliphatic heterocycles. The maximum absolute atomic E-state index is 13.1. The highest BCUT2D eigenvalue weighted by molar-refractivity contribution is 7.89. The predicted molar refractivity (Wildman–Crippen MR) is 111 cm³/mol. The lowest BCUT2D eigenvalue weighted by atomic mass is 9.83. The minimum absolute atomic E-state index is 0.00828. The number of halogens is 2. The molecule has 8 heteroatoms.